The standard InChI is InChI=1S/C43H42N2O8S/c1-51-41(49)37(22-28-9-3-2-4-10-28)45-43(50)44-25-30-11-7-12-32(21-30)33-13-8-14-34(23-33)42-52-35(27-54-39-16-6-5-15-36(39)40(47)48)24-38(53-42)31-19-17-29(26-46)18-20-31/h2-21,23,35,37-38,42,46H,22,24-27H2,1H3,(H,47,48)(H2,44,45,50). The number of benzene rings is 5. The number of aromatic carboxylic acids is 1. The van der Waals surface area contributed by atoms with Crippen LogP contribution in [0.4, 0.5) is 4.79 Å². The topological polar surface area (TPSA) is 143 Å². The Hall–Kier alpha value is -5.46. The lowest BCUT2D eigenvalue weighted by atomic mass is 9.99. The Kier molecular flexibility index (Phi) is 13.1. The first kappa shape index (κ1) is 38.3. The Labute approximate surface area is 318 Å². The highest BCUT2D eigenvalue weighted by Crippen LogP contribution is 2.40. The van der Waals surface area contributed by atoms with Gasteiger partial charge in [0.1, 0.15) is 6.04 Å². The second-order valence-corrected chi connectivity index (χ2v) is 13.9. The molecule has 278 valence electrons. The van der Waals surface area contributed by atoms with Crippen LogP contribution in [0.2, 0.25) is 0 Å². The van der Waals surface area contributed by atoms with E-state index in [2.05, 4.69) is 10.6 Å². The zero-order valence-corrected chi connectivity index (χ0v) is 30.5. The zero-order valence-electron chi connectivity index (χ0n) is 29.7. The fourth-order valence-electron chi connectivity index (χ4n) is 6.28. The number of rotatable bonds is 14. The fraction of sp³-hybridized carbons (Fsp3) is 0.233. The molecule has 11 heteroatoms. The maximum absolute atomic E-state index is 12.9. The van der Waals surface area contributed by atoms with Crippen LogP contribution < -0.4 is 10.6 Å². The van der Waals surface area contributed by atoms with Crippen LogP contribution in [0.3, 0.4) is 0 Å². The number of hydrogen-bond donors (Lipinski definition) is 4. The number of methoxy groups -OCH3 is 1. The predicted molar refractivity (Wildman–Crippen MR) is 206 cm³/mol. The van der Waals surface area contributed by atoms with E-state index in [9.17, 15) is 24.6 Å². The Morgan fingerprint density at radius 2 is 1.50 bits per heavy atom. The van der Waals surface area contributed by atoms with Crippen molar-refractivity contribution in [2.24, 2.45) is 0 Å². The maximum Gasteiger partial charge on any atom is 0.336 e. The van der Waals surface area contributed by atoms with Crippen LogP contribution in [0.5, 0.6) is 0 Å². The quantitative estimate of drug-likeness (QED) is 0.0673. The highest BCUT2D eigenvalue weighted by atomic mass is 32.2. The second-order valence-electron chi connectivity index (χ2n) is 12.9. The molecule has 0 spiro atoms. The van der Waals surface area contributed by atoms with Crippen LogP contribution in [-0.2, 0) is 38.6 Å². The molecule has 54 heavy (non-hydrogen) atoms. The molecule has 10 nitrogen and oxygen atoms in total. The van der Waals surface area contributed by atoms with Crippen molar-refractivity contribution in [2.75, 3.05) is 12.9 Å². The third-order valence-corrected chi connectivity index (χ3v) is 10.3. The van der Waals surface area contributed by atoms with E-state index >= 15 is 0 Å². The molecule has 1 fully saturated rings. The average molecular weight is 747 g/mol. The number of ether oxygens (including phenoxy) is 3. The van der Waals surface area contributed by atoms with Gasteiger partial charge in [-0.05, 0) is 57.6 Å². The van der Waals surface area contributed by atoms with Gasteiger partial charge in [0.15, 0.2) is 6.29 Å². The molecule has 1 saturated heterocycles. The van der Waals surface area contributed by atoms with Gasteiger partial charge >= 0.3 is 18.0 Å². The molecule has 4 unspecified atom stereocenters. The summed E-state index contributed by atoms with van der Waals surface area (Å²) in [7, 11) is 1.30. The van der Waals surface area contributed by atoms with Crippen molar-refractivity contribution in [1.29, 1.82) is 0 Å². The lowest BCUT2D eigenvalue weighted by Crippen LogP contribution is -2.47. The van der Waals surface area contributed by atoms with Gasteiger partial charge in [-0.1, -0.05) is 103 Å². The number of carbonyl (C=O) groups excluding carboxylic acids is 2. The third kappa shape index (κ3) is 10.1. The van der Waals surface area contributed by atoms with Gasteiger partial charge in [-0.2, -0.15) is 0 Å². The molecule has 0 saturated carbocycles. The summed E-state index contributed by atoms with van der Waals surface area (Å²) in [5, 5.41) is 24.9. The van der Waals surface area contributed by atoms with Gasteiger partial charge in [0.05, 0.1) is 31.5 Å². The molecule has 5 aromatic carbocycles. The molecule has 0 bridgehead atoms. The number of urea groups is 1. The summed E-state index contributed by atoms with van der Waals surface area (Å²) in [6.45, 7) is 0.177. The van der Waals surface area contributed by atoms with Crippen LogP contribution in [0, 0.1) is 0 Å². The van der Waals surface area contributed by atoms with Crippen LogP contribution >= 0.6 is 11.8 Å². The van der Waals surface area contributed by atoms with E-state index in [0.717, 1.165) is 38.9 Å². The summed E-state index contributed by atoms with van der Waals surface area (Å²) in [5.74, 6) is -0.984. The predicted octanol–water partition coefficient (Wildman–Crippen LogP) is 7.47. The third-order valence-electron chi connectivity index (χ3n) is 9.10. The Morgan fingerprint density at radius 1 is 0.796 bits per heavy atom. The molecule has 0 aliphatic carbocycles. The van der Waals surface area contributed by atoms with E-state index in [1.165, 1.54) is 18.9 Å². The number of aliphatic hydroxyl groups excluding tert-OH is 1. The van der Waals surface area contributed by atoms with E-state index in [-0.39, 0.29) is 30.9 Å². The number of hydrogen-bond acceptors (Lipinski definition) is 8. The number of carboxylic acid groups (broad SMARTS) is 1. The Morgan fingerprint density at radius 3 is 2.24 bits per heavy atom. The minimum Gasteiger partial charge on any atom is -0.478 e. The highest BCUT2D eigenvalue weighted by molar-refractivity contribution is 7.99. The number of amides is 2. The maximum atomic E-state index is 12.9. The summed E-state index contributed by atoms with van der Waals surface area (Å²) < 4.78 is 18.0. The molecule has 4 N–H and O–H groups in total. The van der Waals surface area contributed by atoms with Gasteiger partial charge in [-0.15, -0.1) is 11.8 Å². The van der Waals surface area contributed by atoms with Crippen molar-refractivity contribution in [3.8, 4) is 11.1 Å². The van der Waals surface area contributed by atoms with Crippen molar-refractivity contribution in [3.63, 3.8) is 0 Å². The highest BCUT2D eigenvalue weighted by Gasteiger charge is 2.33. The Balaban J connectivity index is 1.15. The molecule has 1 aliphatic rings. The smallest absolute Gasteiger partial charge is 0.336 e. The second kappa shape index (κ2) is 18.5. The van der Waals surface area contributed by atoms with Crippen LogP contribution in [0.1, 0.15) is 57.0 Å². The van der Waals surface area contributed by atoms with Crippen molar-refractivity contribution in [1.82, 2.24) is 10.6 Å². The van der Waals surface area contributed by atoms with Crippen LogP contribution in [0.15, 0.2) is 132 Å². The van der Waals surface area contributed by atoms with Gasteiger partial charge in [0, 0.05) is 35.6 Å². The molecule has 0 radical (unpaired) electrons. The van der Waals surface area contributed by atoms with E-state index in [1.807, 2.05) is 109 Å². The van der Waals surface area contributed by atoms with Gasteiger partial charge in [0.25, 0.3) is 0 Å². The average Bonchev–Trinajstić information content (AvgIpc) is 3.22. The Bertz CT molecular complexity index is 2040. The molecular weight excluding hydrogens is 705 g/mol. The first-order chi connectivity index (χ1) is 26.3. The van der Waals surface area contributed by atoms with Gasteiger partial charge in [0.2, 0.25) is 0 Å². The lowest BCUT2D eigenvalue weighted by molar-refractivity contribution is -0.245. The summed E-state index contributed by atoms with van der Waals surface area (Å²) >= 11 is 1.44. The number of carbonyl (C=O) groups is 3. The summed E-state index contributed by atoms with van der Waals surface area (Å²) in [6.07, 6.45) is -0.391. The monoisotopic (exact) mass is 746 g/mol. The van der Waals surface area contributed by atoms with E-state index < -0.39 is 30.3 Å². The molecule has 4 atom stereocenters. The lowest BCUT2D eigenvalue weighted by Gasteiger charge is -2.36. The van der Waals surface area contributed by atoms with E-state index in [1.54, 1.807) is 18.2 Å². The van der Waals surface area contributed by atoms with Gasteiger partial charge in [-0.3, -0.25) is 0 Å². The van der Waals surface area contributed by atoms with Gasteiger partial charge < -0.3 is 35.1 Å². The molecule has 6 rings (SSSR count). The van der Waals surface area contributed by atoms with Crippen LogP contribution in [0.25, 0.3) is 11.1 Å². The van der Waals surface area contributed by atoms with Crippen LogP contribution in [-0.4, -0.2) is 53.2 Å². The zero-order chi connectivity index (χ0) is 37.9. The van der Waals surface area contributed by atoms with Gasteiger partial charge in [-0.25, -0.2) is 14.4 Å². The van der Waals surface area contributed by atoms with E-state index in [4.69, 9.17) is 14.2 Å². The molecule has 5 aromatic rings. The number of nitrogens with one attached hydrogen (secondary N) is 2. The first-order valence-corrected chi connectivity index (χ1v) is 18.6. The molecular formula is C43H42N2O8S. The largest absolute Gasteiger partial charge is 0.478 e. The molecule has 0 aromatic heterocycles. The molecule has 1 heterocycles. The fourth-order valence-corrected chi connectivity index (χ4v) is 7.34. The minimum atomic E-state index is -0.975. The van der Waals surface area contributed by atoms with Crippen molar-refractivity contribution >= 4 is 29.7 Å². The van der Waals surface area contributed by atoms with Crippen molar-refractivity contribution in [3.05, 3.63) is 161 Å². The first-order valence-electron chi connectivity index (χ1n) is 17.6. The number of carboxylic acids is 1. The SMILES string of the molecule is COC(=O)C(Cc1ccccc1)NC(=O)NCc1cccc(-c2cccc(C3OC(CSc4ccccc4C(=O)O)CC(c4ccc(CO)cc4)O3)c2)c1. The summed E-state index contributed by atoms with van der Waals surface area (Å²) in [5.41, 5.74) is 6.45. The van der Waals surface area contributed by atoms with Crippen molar-refractivity contribution < 1.29 is 38.8 Å². The van der Waals surface area contributed by atoms with Crippen molar-refractivity contribution in [2.45, 2.75) is 55.4 Å². The summed E-state index contributed by atoms with van der Waals surface area (Å²) in [4.78, 5) is 37.8. The molecule has 2 amide bonds. The van der Waals surface area contributed by atoms with E-state index in [0.29, 0.717) is 23.5 Å². The number of thioether (sulfide) groups is 1. The normalized spacial score (nSPS) is 17.3. The number of esters is 1. The minimum absolute atomic E-state index is 0.0539. The molecule has 1 aliphatic heterocycles. The number of aliphatic hydroxyl groups is 1. The summed E-state index contributed by atoms with van der Waals surface area (Å²) in [6, 6.07) is 38.5.